The molecule has 0 aliphatic rings. The Hall–Kier alpha value is -1.82. The second-order valence-electron chi connectivity index (χ2n) is 5.51. The highest BCUT2D eigenvalue weighted by Crippen LogP contribution is 2.21. The number of rotatable bonds is 6. The van der Waals surface area contributed by atoms with Crippen LogP contribution in [0.3, 0.4) is 0 Å². The molecule has 0 aliphatic heterocycles. The number of carbonyl (C=O) groups excluding carboxylic acids is 1. The van der Waals surface area contributed by atoms with E-state index in [2.05, 4.69) is 10.2 Å². The monoisotopic (exact) mass is 319 g/mol. The second kappa shape index (κ2) is 7.45. The van der Waals surface area contributed by atoms with Crippen molar-refractivity contribution in [2.45, 2.75) is 44.8 Å². The van der Waals surface area contributed by atoms with Gasteiger partial charge >= 0.3 is 0 Å². The molecule has 0 bridgehead atoms. The topological polar surface area (TPSA) is 59.2 Å². The minimum Gasteiger partial charge on any atom is -0.463 e. The highest BCUT2D eigenvalue weighted by molar-refractivity contribution is 7.99. The molecule has 0 radical (unpaired) electrons. The van der Waals surface area contributed by atoms with E-state index in [1.54, 1.807) is 6.26 Å². The van der Waals surface area contributed by atoms with Crippen LogP contribution >= 0.6 is 11.8 Å². The number of nitrogens with zero attached hydrogens (tertiary/aromatic N) is 3. The van der Waals surface area contributed by atoms with Crippen LogP contribution in [0, 0.1) is 0 Å². The van der Waals surface area contributed by atoms with E-state index in [1.165, 1.54) is 11.8 Å². The van der Waals surface area contributed by atoms with Crippen molar-refractivity contribution in [1.82, 2.24) is 15.1 Å². The summed E-state index contributed by atoms with van der Waals surface area (Å²) in [4.78, 5) is 14.2. The maximum absolute atomic E-state index is 12.3. The molecule has 5 nitrogen and oxygen atoms in total. The number of hydrogen-bond acceptors (Lipinski definition) is 5. The van der Waals surface area contributed by atoms with Gasteiger partial charge in [0.05, 0.1) is 12.0 Å². The summed E-state index contributed by atoms with van der Waals surface area (Å²) in [5, 5.41) is 9.00. The van der Waals surface area contributed by atoms with Crippen LogP contribution in [0.1, 0.15) is 27.7 Å². The van der Waals surface area contributed by atoms with Crippen LogP contribution in [0.5, 0.6) is 0 Å². The van der Waals surface area contributed by atoms with Crippen LogP contribution in [0.2, 0.25) is 0 Å². The Morgan fingerprint density at radius 1 is 1.18 bits per heavy atom. The van der Waals surface area contributed by atoms with Gasteiger partial charge in [0.2, 0.25) is 5.91 Å². The minimum absolute atomic E-state index is 0.118. The molecule has 6 heteroatoms. The molecule has 0 fully saturated rings. The Labute approximate surface area is 135 Å². The quantitative estimate of drug-likeness (QED) is 0.763. The molecule has 22 heavy (non-hydrogen) atoms. The fraction of sp³-hybridized carbons (Fsp3) is 0.438. The second-order valence-corrected chi connectivity index (χ2v) is 6.51. The Bertz CT molecular complexity index is 586. The van der Waals surface area contributed by atoms with Gasteiger partial charge in [0.15, 0.2) is 5.76 Å². The Morgan fingerprint density at radius 2 is 1.91 bits per heavy atom. The molecule has 1 amide bonds. The Balaban J connectivity index is 1.95. The van der Waals surface area contributed by atoms with Gasteiger partial charge < -0.3 is 9.32 Å². The molecule has 0 atom stereocenters. The number of aromatic nitrogens is 2. The summed E-state index contributed by atoms with van der Waals surface area (Å²) in [6.45, 7) is 8.11. The summed E-state index contributed by atoms with van der Waals surface area (Å²) in [6.07, 6.45) is 1.60. The standard InChI is InChI=1S/C16H21N3O2S/c1-11(2)19(12(3)4)16(20)10-22-15-8-7-13(17-18-15)14-6-5-9-21-14/h5-9,11-12H,10H2,1-4H3. The first-order valence-electron chi connectivity index (χ1n) is 7.30. The van der Waals surface area contributed by atoms with Crippen molar-refractivity contribution in [2.24, 2.45) is 0 Å². The van der Waals surface area contributed by atoms with E-state index in [0.717, 1.165) is 5.03 Å². The molecule has 0 aliphatic carbocycles. The lowest BCUT2D eigenvalue weighted by molar-refractivity contribution is -0.131. The zero-order valence-electron chi connectivity index (χ0n) is 13.3. The number of furan rings is 1. The lowest BCUT2D eigenvalue weighted by atomic mass is 10.2. The average molecular weight is 319 g/mol. The predicted molar refractivity (Wildman–Crippen MR) is 87.6 cm³/mol. The molecule has 118 valence electrons. The number of carbonyl (C=O) groups is 1. The molecule has 2 aromatic heterocycles. The van der Waals surface area contributed by atoms with Gasteiger partial charge in [-0.25, -0.2) is 0 Å². The van der Waals surface area contributed by atoms with E-state index >= 15 is 0 Å². The molecule has 2 aromatic rings. The van der Waals surface area contributed by atoms with E-state index in [0.29, 0.717) is 17.2 Å². The van der Waals surface area contributed by atoms with Crippen LogP contribution in [-0.2, 0) is 4.79 Å². The summed E-state index contributed by atoms with van der Waals surface area (Å²) < 4.78 is 5.27. The third kappa shape index (κ3) is 4.10. The first-order valence-corrected chi connectivity index (χ1v) is 8.29. The molecule has 0 saturated carbocycles. The largest absolute Gasteiger partial charge is 0.463 e. The van der Waals surface area contributed by atoms with Crippen molar-refractivity contribution < 1.29 is 9.21 Å². The molecule has 2 heterocycles. The maximum atomic E-state index is 12.3. The van der Waals surface area contributed by atoms with E-state index in [9.17, 15) is 4.79 Å². The van der Waals surface area contributed by atoms with Crippen LogP contribution in [0.25, 0.3) is 11.5 Å². The SMILES string of the molecule is CC(C)N(C(=O)CSc1ccc(-c2ccco2)nn1)C(C)C. The lowest BCUT2D eigenvalue weighted by Gasteiger charge is -2.30. The van der Waals surface area contributed by atoms with Gasteiger partial charge in [-0.2, -0.15) is 0 Å². The van der Waals surface area contributed by atoms with Gasteiger partial charge in [-0.15, -0.1) is 10.2 Å². The van der Waals surface area contributed by atoms with Crippen LogP contribution in [0.15, 0.2) is 40.0 Å². The third-order valence-electron chi connectivity index (χ3n) is 3.16. The van der Waals surface area contributed by atoms with Gasteiger partial charge in [-0.3, -0.25) is 4.79 Å². The normalized spacial score (nSPS) is 11.2. The molecule has 0 saturated heterocycles. The number of thioether (sulfide) groups is 1. The van der Waals surface area contributed by atoms with Crippen molar-refractivity contribution >= 4 is 17.7 Å². The lowest BCUT2D eigenvalue weighted by Crippen LogP contribution is -2.43. The molecular formula is C16H21N3O2S. The van der Waals surface area contributed by atoms with Gasteiger partial charge in [-0.05, 0) is 52.0 Å². The third-order valence-corrected chi connectivity index (χ3v) is 4.06. The van der Waals surface area contributed by atoms with Crippen LogP contribution in [-0.4, -0.2) is 38.8 Å². The summed E-state index contributed by atoms with van der Waals surface area (Å²) in [5.41, 5.74) is 0.687. The van der Waals surface area contributed by atoms with E-state index < -0.39 is 0 Å². The van der Waals surface area contributed by atoms with Crippen molar-refractivity contribution in [2.75, 3.05) is 5.75 Å². The fourth-order valence-corrected chi connectivity index (χ4v) is 3.02. The highest BCUT2D eigenvalue weighted by Gasteiger charge is 2.20. The molecular weight excluding hydrogens is 298 g/mol. The summed E-state index contributed by atoms with van der Waals surface area (Å²) in [5.74, 6) is 1.17. The van der Waals surface area contributed by atoms with E-state index in [-0.39, 0.29) is 18.0 Å². The number of amides is 1. The van der Waals surface area contributed by atoms with Crippen molar-refractivity contribution in [3.8, 4) is 11.5 Å². The Morgan fingerprint density at radius 3 is 2.41 bits per heavy atom. The molecule has 2 rings (SSSR count). The van der Waals surface area contributed by atoms with Gasteiger partial charge in [0.25, 0.3) is 0 Å². The zero-order valence-corrected chi connectivity index (χ0v) is 14.1. The van der Waals surface area contributed by atoms with Crippen molar-refractivity contribution in [1.29, 1.82) is 0 Å². The number of hydrogen-bond donors (Lipinski definition) is 0. The van der Waals surface area contributed by atoms with Gasteiger partial charge in [0, 0.05) is 12.1 Å². The summed E-state index contributed by atoms with van der Waals surface area (Å²) in [6, 6.07) is 7.74. The van der Waals surface area contributed by atoms with Gasteiger partial charge in [0.1, 0.15) is 10.7 Å². The maximum Gasteiger partial charge on any atom is 0.233 e. The summed E-state index contributed by atoms with van der Waals surface area (Å²) >= 11 is 1.40. The zero-order chi connectivity index (χ0) is 16.1. The van der Waals surface area contributed by atoms with E-state index in [4.69, 9.17) is 4.42 Å². The van der Waals surface area contributed by atoms with E-state index in [1.807, 2.05) is 56.9 Å². The molecule has 0 aromatic carbocycles. The van der Waals surface area contributed by atoms with Crippen LogP contribution in [0.4, 0.5) is 0 Å². The molecule has 0 N–H and O–H groups in total. The minimum atomic E-state index is 0.118. The smallest absolute Gasteiger partial charge is 0.233 e. The highest BCUT2D eigenvalue weighted by atomic mass is 32.2. The Kier molecular flexibility index (Phi) is 5.60. The predicted octanol–water partition coefficient (Wildman–Crippen LogP) is 3.47. The molecule has 0 unspecified atom stereocenters. The first-order chi connectivity index (χ1) is 10.5. The summed E-state index contributed by atoms with van der Waals surface area (Å²) in [7, 11) is 0. The first kappa shape index (κ1) is 16.5. The van der Waals surface area contributed by atoms with Crippen LogP contribution < -0.4 is 0 Å². The average Bonchev–Trinajstić information content (AvgIpc) is 2.99. The molecule has 0 spiro atoms. The van der Waals surface area contributed by atoms with Crippen molar-refractivity contribution in [3.05, 3.63) is 30.5 Å². The fourth-order valence-electron chi connectivity index (χ4n) is 2.34. The van der Waals surface area contributed by atoms with Gasteiger partial charge in [-0.1, -0.05) is 11.8 Å². The van der Waals surface area contributed by atoms with Crippen molar-refractivity contribution in [3.63, 3.8) is 0 Å².